The molecule has 2 fully saturated rings. The van der Waals surface area contributed by atoms with Gasteiger partial charge in [0, 0.05) is 4.83 Å². The van der Waals surface area contributed by atoms with Gasteiger partial charge in [-0.2, -0.15) is 0 Å². The number of rotatable bonds is 0. The third kappa shape index (κ3) is 1.99. The van der Waals surface area contributed by atoms with Gasteiger partial charge < -0.3 is 9.47 Å². The van der Waals surface area contributed by atoms with Crippen molar-refractivity contribution in [2.75, 3.05) is 6.61 Å². The van der Waals surface area contributed by atoms with Crippen molar-refractivity contribution in [1.29, 1.82) is 0 Å². The van der Waals surface area contributed by atoms with Crippen molar-refractivity contribution in [2.45, 2.75) is 56.6 Å². The van der Waals surface area contributed by atoms with Gasteiger partial charge in [0.2, 0.25) is 0 Å². The van der Waals surface area contributed by atoms with E-state index in [0.717, 1.165) is 24.8 Å². The van der Waals surface area contributed by atoms with Crippen LogP contribution in [0, 0.1) is 11.3 Å². The maximum Gasteiger partial charge on any atom is 0.336 e. The number of carbonyl (C=O) groups excluding carboxylic acids is 1. The van der Waals surface area contributed by atoms with Crippen LogP contribution in [0.25, 0.3) is 0 Å². The summed E-state index contributed by atoms with van der Waals surface area (Å²) in [5.41, 5.74) is 0.731. The summed E-state index contributed by atoms with van der Waals surface area (Å²) >= 11 is 3.83. The standard InChI is InChI=1S/C15H21BrO3/c1-14(2)11-5-4-9-10(8-18-13(9)17)19-15(11,3)7-6-12(14)16/h4,10-12H,5-8H2,1-3H3/t10-,11-,12-,15-/m0/s1. The average Bonchev–Trinajstić information content (AvgIpc) is 2.58. The van der Waals surface area contributed by atoms with Crippen molar-refractivity contribution in [3.05, 3.63) is 11.6 Å². The molecule has 2 aliphatic heterocycles. The molecule has 0 N–H and O–H groups in total. The van der Waals surface area contributed by atoms with Crippen LogP contribution in [0.1, 0.15) is 40.0 Å². The lowest BCUT2D eigenvalue weighted by molar-refractivity contribution is -0.152. The van der Waals surface area contributed by atoms with E-state index in [4.69, 9.17) is 9.47 Å². The molecule has 106 valence electrons. The Morgan fingerprint density at radius 2 is 2.11 bits per heavy atom. The number of alkyl halides is 1. The van der Waals surface area contributed by atoms with Gasteiger partial charge in [-0.1, -0.05) is 35.9 Å². The average molecular weight is 329 g/mol. The molecule has 1 saturated heterocycles. The van der Waals surface area contributed by atoms with Crippen LogP contribution in [0.2, 0.25) is 0 Å². The van der Waals surface area contributed by atoms with Gasteiger partial charge in [-0.25, -0.2) is 4.79 Å². The Morgan fingerprint density at radius 3 is 2.84 bits per heavy atom. The number of esters is 1. The molecule has 2 heterocycles. The molecule has 0 spiro atoms. The van der Waals surface area contributed by atoms with Crippen molar-refractivity contribution in [2.24, 2.45) is 11.3 Å². The van der Waals surface area contributed by atoms with E-state index in [1.807, 2.05) is 0 Å². The SMILES string of the molecule is CC1(C)[C@@H](Br)CC[C@]2(C)O[C@H]3COC(=O)C3=CC[C@@H]12. The van der Waals surface area contributed by atoms with E-state index in [1.54, 1.807) is 0 Å². The molecule has 1 saturated carbocycles. The summed E-state index contributed by atoms with van der Waals surface area (Å²) in [5, 5.41) is 0. The lowest BCUT2D eigenvalue weighted by Crippen LogP contribution is -2.53. The Morgan fingerprint density at radius 1 is 1.37 bits per heavy atom. The monoisotopic (exact) mass is 328 g/mol. The van der Waals surface area contributed by atoms with Gasteiger partial charge in [0.1, 0.15) is 12.7 Å². The van der Waals surface area contributed by atoms with Crippen LogP contribution in [0.3, 0.4) is 0 Å². The summed E-state index contributed by atoms with van der Waals surface area (Å²) in [6.07, 6.45) is 4.93. The fourth-order valence-corrected chi connectivity index (χ4v) is 4.54. The molecule has 0 aromatic carbocycles. The highest BCUT2D eigenvalue weighted by molar-refractivity contribution is 9.09. The fourth-order valence-electron chi connectivity index (χ4n) is 4.00. The highest BCUT2D eigenvalue weighted by Crippen LogP contribution is 2.54. The van der Waals surface area contributed by atoms with E-state index in [2.05, 4.69) is 42.8 Å². The van der Waals surface area contributed by atoms with Crippen LogP contribution >= 0.6 is 15.9 Å². The second kappa shape index (κ2) is 4.32. The number of fused-ring (bicyclic) bond motifs is 2. The van der Waals surface area contributed by atoms with Crippen molar-refractivity contribution < 1.29 is 14.3 Å². The van der Waals surface area contributed by atoms with Crippen molar-refractivity contribution in [3.63, 3.8) is 0 Å². The Kier molecular flexibility index (Phi) is 3.10. The van der Waals surface area contributed by atoms with Crippen molar-refractivity contribution in [3.8, 4) is 0 Å². The van der Waals surface area contributed by atoms with Crippen LogP contribution in [-0.2, 0) is 14.3 Å². The number of halogens is 1. The first-order valence-electron chi connectivity index (χ1n) is 7.03. The van der Waals surface area contributed by atoms with Crippen LogP contribution in [-0.4, -0.2) is 29.1 Å². The maximum absolute atomic E-state index is 11.7. The number of hydrogen-bond acceptors (Lipinski definition) is 3. The fraction of sp³-hybridized carbons (Fsp3) is 0.800. The Labute approximate surface area is 122 Å². The third-order valence-corrected chi connectivity index (χ3v) is 6.91. The lowest BCUT2D eigenvalue weighted by atomic mass is 9.60. The van der Waals surface area contributed by atoms with E-state index >= 15 is 0 Å². The van der Waals surface area contributed by atoms with Crippen molar-refractivity contribution in [1.82, 2.24) is 0 Å². The summed E-state index contributed by atoms with van der Waals surface area (Å²) in [6.45, 7) is 7.19. The highest BCUT2D eigenvalue weighted by Gasteiger charge is 2.54. The molecule has 3 nitrogen and oxygen atoms in total. The van der Waals surface area contributed by atoms with Gasteiger partial charge in [0.05, 0.1) is 11.2 Å². The van der Waals surface area contributed by atoms with E-state index < -0.39 is 0 Å². The zero-order valence-corrected chi connectivity index (χ0v) is 13.3. The van der Waals surface area contributed by atoms with Gasteiger partial charge in [-0.3, -0.25) is 0 Å². The molecule has 3 aliphatic rings. The normalized spacial score (nSPS) is 44.7. The quantitative estimate of drug-likeness (QED) is 0.506. The van der Waals surface area contributed by atoms with E-state index in [9.17, 15) is 4.79 Å². The predicted molar refractivity (Wildman–Crippen MR) is 76.2 cm³/mol. The number of ether oxygens (including phenoxy) is 2. The van der Waals surface area contributed by atoms with E-state index in [1.165, 1.54) is 0 Å². The summed E-state index contributed by atoms with van der Waals surface area (Å²) in [4.78, 5) is 12.2. The smallest absolute Gasteiger partial charge is 0.336 e. The molecule has 0 aromatic rings. The predicted octanol–water partition coefficient (Wildman–Crippen LogP) is 3.22. The highest BCUT2D eigenvalue weighted by atomic mass is 79.9. The zero-order valence-electron chi connectivity index (χ0n) is 11.7. The van der Waals surface area contributed by atoms with Crippen LogP contribution < -0.4 is 0 Å². The van der Waals surface area contributed by atoms with Gasteiger partial charge in [0.15, 0.2) is 0 Å². The number of hydrogen-bond donors (Lipinski definition) is 0. The summed E-state index contributed by atoms with van der Waals surface area (Å²) in [6, 6.07) is 0. The molecule has 4 atom stereocenters. The summed E-state index contributed by atoms with van der Waals surface area (Å²) < 4.78 is 11.5. The molecular weight excluding hydrogens is 308 g/mol. The largest absolute Gasteiger partial charge is 0.459 e. The Bertz CT molecular complexity index is 443. The second-order valence-corrected chi connectivity index (χ2v) is 7.90. The molecule has 0 bridgehead atoms. The minimum atomic E-state index is -0.194. The van der Waals surface area contributed by atoms with E-state index in [0.29, 0.717) is 17.4 Å². The molecule has 19 heavy (non-hydrogen) atoms. The minimum absolute atomic E-state index is 0.159. The van der Waals surface area contributed by atoms with Gasteiger partial charge in [0.25, 0.3) is 0 Å². The topological polar surface area (TPSA) is 35.5 Å². The van der Waals surface area contributed by atoms with Crippen LogP contribution in [0.5, 0.6) is 0 Å². The molecule has 1 aliphatic carbocycles. The van der Waals surface area contributed by atoms with Gasteiger partial charge in [-0.15, -0.1) is 0 Å². The van der Waals surface area contributed by atoms with Crippen LogP contribution in [0.4, 0.5) is 0 Å². The van der Waals surface area contributed by atoms with Gasteiger partial charge in [-0.05, 0) is 37.5 Å². The summed E-state index contributed by atoms with van der Waals surface area (Å²) in [5.74, 6) is 0.226. The van der Waals surface area contributed by atoms with E-state index in [-0.39, 0.29) is 23.1 Å². The molecule has 0 amide bonds. The molecule has 0 radical (unpaired) electrons. The van der Waals surface area contributed by atoms with Crippen LogP contribution in [0.15, 0.2) is 11.6 Å². The molecule has 0 aromatic heterocycles. The maximum atomic E-state index is 11.7. The molecule has 0 unspecified atom stereocenters. The minimum Gasteiger partial charge on any atom is -0.459 e. The van der Waals surface area contributed by atoms with Gasteiger partial charge >= 0.3 is 5.97 Å². The molecule has 3 rings (SSSR count). The molecular formula is C15H21BrO3. The lowest BCUT2D eigenvalue weighted by Gasteiger charge is -2.52. The Balaban J connectivity index is 1.97. The number of carbonyl (C=O) groups is 1. The van der Waals surface area contributed by atoms with Crippen molar-refractivity contribution >= 4 is 21.9 Å². The second-order valence-electron chi connectivity index (χ2n) is 6.79. The number of cyclic esters (lactones) is 1. The Hall–Kier alpha value is -0.350. The molecule has 4 heteroatoms. The first-order valence-corrected chi connectivity index (χ1v) is 7.95. The number of allylic oxidation sites excluding steroid dienone is 1. The summed E-state index contributed by atoms with van der Waals surface area (Å²) in [7, 11) is 0. The zero-order chi connectivity index (χ0) is 13.8. The first-order chi connectivity index (χ1) is 8.84. The first kappa shape index (κ1) is 13.6. The third-order valence-electron chi connectivity index (χ3n) is 5.27.